The van der Waals surface area contributed by atoms with Crippen LogP contribution in [0.1, 0.15) is 12.1 Å². The average molecular weight is 236 g/mol. The van der Waals surface area contributed by atoms with Gasteiger partial charge < -0.3 is 10.0 Å². The summed E-state index contributed by atoms with van der Waals surface area (Å²) in [6, 6.07) is 0. The first kappa shape index (κ1) is 10.1. The van der Waals surface area contributed by atoms with Gasteiger partial charge in [0, 0.05) is 20.0 Å². The third kappa shape index (κ3) is 1.55. The number of H-pyrrole nitrogens is 1. The van der Waals surface area contributed by atoms with E-state index in [0.29, 0.717) is 31.2 Å². The molecule has 1 saturated heterocycles. The van der Waals surface area contributed by atoms with Gasteiger partial charge in [-0.25, -0.2) is 4.68 Å². The molecule has 0 radical (unpaired) electrons. The fourth-order valence-electron chi connectivity index (χ4n) is 2.09. The monoisotopic (exact) mass is 236 g/mol. The number of anilines is 1. The van der Waals surface area contributed by atoms with Gasteiger partial charge in [0.15, 0.2) is 0 Å². The molecule has 0 spiro atoms. The highest BCUT2D eigenvalue weighted by molar-refractivity contribution is 5.33. The first-order valence-corrected chi connectivity index (χ1v) is 5.25. The zero-order valence-corrected chi connectivity index (χ0v) is 9.28. The van der Waals surface area contributed by atoms with Crippen molar-refractivity contribution in [2.45, 2.75) is 12.0 Å². The summed E-state index contributed by atoms with van der Waals surface area (Å²) in [6.07, 6.45) is 2.12. The molecule has 1 atom stereocenters. The number of rotatable bonds is 2. The molecular weight excluding hydrogens is 224 g/mol. The Kier molecular flexibility index (Phi) is 2.08. The van der Waals surface area contributed by atoms with E-state index in [-0.39, 0.29) is 0 Å². The zero-order valence-electron chi connectivity index (χ0n) is 9.28. The summed E-state index contributed by atoms with van der Waals surface area (Å²) in [4.78, 5) is 1.93. The molecule has 1 aliphatic heterocycles. The normalized spacial score (nSPS) is 24.5. The molecule has 1 aliphatic rings. The summed E-state index contributed by atoms with van der Waals surface area (Å²) < 4.78 is 1.58. The lowest BCUT2D eigenvalue weighted by molar-refractivity contribution is 0.0558. The van der Waals surface area contributed by atoms with E-state index < -0.39 is 5.60 Å². The molecule has 1 unspecified atom stereocenters. The minimum atomic E-state index is -0.987. The van der Waals surface area contributed by atoms with E-state index in [1.165, 1.54) is 0 Å². The summed E-state index contributed by atoms with van der Waals surface area (Å²) in [5, 5.41) is 31.9. The number of aromatic amines is 1. The van der Waals surface area contributed by atoms with Crippen molar-refractivity contribution in [1.29, 1.82) is 0 Å². The molecule has 1 fully saturated rings. The molecule has 0 saturated carbocycles. The van der Waals surface area contributed by atoms with Gasteiger partial charge >= 0.3 is 0 Å². The van der Waals surface area contributed by atoms with E-state index in [1.807, 2.05) is 4.90 Å². The summed E-state index contributed by atoms with van der Waals surface area (Å²) in [5.74, 6) is 0.643. The number of nitrogens with one attached hydrogen (secondary N) is 1. The van der Waals surface area contributed by atoms with E-state index in [0.717, 1.165) is 0 Å². The Hall–Kier alpha value is -2.03. The molecule has 2 N–H and O–H groups in total. The summed E-state index contributed by atoms with van der Waals surface area (Å²) >= 11 is 0. The van der Waals surface area contributed by atoms with E-state index in [9.17, 15) is 5.11 Å². The third-order valence-corrected chi connectivity index (χ3v) is 3.02. The van der Waals surface area contributed by atoms with Crippen molar-refractivity contribution in [3.05, 3.63) is 11.9 Å². The van der Waals surface area contributed by atoms with Crippen molar-refractivity contribution >= 4 is 5.95 Å². The van der Waals surface area contributed by atoms with E-state index in [4.69, 9.17) is 0 Å². The summed E-state index contributed by atoms with van der Waals surface area (Å²) in [5.41, 5.74) is -0.436. The number of hydrogen-bond acceptors (Lipinski definition) is 7. The van der Waals surface area contributed by atoms with Crippen molar-refractivity contribution in [3.8, 4) is 0 Å². The number of tetrazole rings is 1. The molecular formula is C8H12N8O. The van der Waals surface area contributed by atoms with Crippen LogP contribution in [0.15, 0.2) is 6.20 Å². The Labute approximate surface area is 96.4 Å². The van der Waals surface area contributed by atoms with E-state index >= 15 is 0 Å². The van der Waals surface area contributed by atoms with Crippen molar-refractivity contribution in [1.82, 2.24) is 35.6 Å². The van der Waals surface area contributed by atoms with Gasteiger partial charge in [-0.1, -0.05) is 5.10 Å². The number of aliphatic hydroxyl groups is 1. The van der Waals surface area contributed by atoms with Gasteiger partial charge in [-0.3, -0.25) is 0 Å². The first-order chi connectivity index (χ1) is 8.19. The van der Waals surface area contributed by atoms with Crippen LogP contribution in [0.2, 0.25) is 0 Å². The maximum absolute atomic E-state index is 10.5. The first-order valence-electron chi connectivity index (χ1n) is 5.25. The zero-order chi connectivity index (χ0) is 11.9. The lowest BCUT2D eigenvalue weighted by Crippen LogP contribution is -2.32. The molecule has 0 aromatic carbocycles. The van der Waals surface area contributed by atoms with Gasteiger partial charge in [0.2, 0.25) is 5.95 Å². The molecule has 3 heterocycles. The Morgan fingerprint density at radius 1 is 1.53 bits per heavy atom. The Morgan fingerprint density at radius 2 is 2.41 bits per heavy atom. The molecule has 9 heteroatoms. The molecule has 90 valence electrons. The molecule has 9 nitrogen and oxygen atoms in total. The van der Waals surface area contributed by atoms with Crippen LogP contribution in [0.4, 0.5) is 5.95 Å². The van der Waals surface area contributed by atoms with Crippen LogP contribution >= 0.6 is 0 Å². The SMILES string of the molecule is Cn1nnnc1N1CCC(O)(c2cn[nH]n2)C1. The largest absolute Gasteiger partial charge is 0.381 e. The minimum absolute atomic E-state index is 0.410. The van der Waals surface area contributed by atoms with Crippen LogP contribution in [0.3, 0.4) is 0 Å². The lowest BCUT2D eigenvalue weighted by Gasteiger charge is -2.20. The Morgan fingerprint density at radius 3 is 3.06 bits per heavy atom. The topological polar surface area (TPSA) is 109 Å². The van der Waals surface area contributed by atoms with Crippen LogP contribution in [0.5, 0.6) is 0 Å². The highest BCUT2D eigenvalue weighted by Crippen LogP contribution is 2.31. The van der Waals surface area contributed by atoms with E-state index in [2.05, 4.69) is 30.9 Å². The van der Waals surface area contributed by atoms with Gasteiger partial charge in [0.25, 0.3) is 0 Å². The number of nitrogens with zero attached hydrogens (tertiary/aromatic N) is 7. The Bertz CT molecular complexity index is 507. The standard InChI is InChI=1S/C8H12N8O/c1-15-7(11-13-14-15)16-3-2-8(17,5-16)6-4-9-12-10-6/h4,17H,2-3,5H2,1H3,(H,9,10,12). The maximum atomic E-state index is 10.5. The second-order valence-corrected chi connectivity index (χ2v) is 4.16. The third-order valence-electron chi connectivity index (χ3n) is 3.02. The number of aryl methyl sites for hydroxylation is 1. The van der Waals surface area contributed by atoms with Crippen molar-refractivity contribution in [2.75, 3.05) is 18.0 Å². The van der Waals surface area contributed by atoms with E-state index in [1.54, 1.807) is 17.9 Å². The molecule has 2 aromatic heterocycles. The van der Waals surface area contributed by atoms with Crippen LogP contribution in [-0.2, 0) is 12.6 Å². The number of hydrogen-bond donors (Lipinski definition) is 2. The molecule has 0 amide bonds. The van der Waals surface area contributed by atoms with Gasteiger partial charge in [-0.05, 0) is 10.4 Å². The highest BCUT2D eigenvalue weighted by Gasteiger charge is 2.41. The molecule has 0 aliphatic carbocycles. The summed E-state index contributed by atoms with van der Waals surface area (Å²) in [6.45, 7) is 1.09. The van der Waals surface area contributed by atoms with Gasteiger partial charge in [0.05, 0.1) is 12.7 Å². The molecule has 0 bridgehead atoms. The molecule has 3 rings (SSSR count). The quantitative estimate of drug-likeness (QED) is 0.648. The van der Waals surface area contributed by atoms with Gasteiger partial charge in [-0.2, -0.15) is 15.4 Å². The summed E-state index contributed by atoms with van der Waals surface area (Å²) in [7, 11) is 1.77. The van der Waals surface area contributed by atoms with Crippen LogP contribution < -0.4 is 4.90 Å². The average Bonchev–Trinajstić information content (AvgIpc) is 2.97. The second kappa shape index (κ2) is 3.48. The van der Waals surface area contributed by atoms with Crippen LogP contribution in [0, 0.1) is 0 Å². The smallest absolute Gasteiger partial charge is 0.245 e. The second-order valence-electron chi connectivity index (χ2n) is 4.16. The van der Waals surface area contributed by atoms with Crippen LogP contribution in [-0.4, -0.2) is 53.8 Å². The molecule has 17 heavy (non-hydrogen) atoms. The predicted octanol–water partition coefficient (Wildman–Crippen LogP) is -1.57. The fourth-order valence-corrected chi connectivity index (χ4v) is 2.09. The highest BCUT2D eigenvalue weighted by atomic mass is 16.3. The Balaban J connectivity index is 1.85. The number of aromatic nitrogens is 7. The lowest BCUT2D eigenvalue weighted by atomic mass is 10.0. The van der Waals surface area contributed by atoms with Crippen molar-refractivity contribution in [3.63, 3.8) is 0 Å². The molecule has 2 aromatic rings. The van der Waals surface area contributed by atoms with Crippen LogP contribution in [0.25, 0.3) is 0 Å². The predicted molar refractivity (Wildman–Crippen MR) is 55.9 cm³/mol. The fraction of sp³-hybridized carbons (Fsp3) is 0.625. The van der Waals surface area contributed by atoms with Crippen molar-refractivity contribution < 1.29 is 5.11 Å². The maximum Gasteiger partial charge on any atom is 0.245 e. The number of β-amino-alcohol motifs (C(OH)–C–C–N with tert-alkyl or cyclic N) is 1. The van der Waals surface area contributed by atoms with Crippen molar-refractivity contribution in [2.24, 2.45) is 7.05 Å². The van der Waals surface area contributed by atoms with Gasteiger partial charge in [0.1, 0.15) is 11.3 Å². The minimum Gasteiger partial charge on any atom is -0.381 e. The van der Waals surface area contributed by atoms with Gasteiger partial charge in [-0.15, -0.1) is 0 Å².